The maximum Gasteiger partial charge on any atom is 0.383 e. The van der Waals surface area contributed by atoms with Crippen molar-refractivity contribution in [2.45, 2.75) is 17.8 Å². The lowest BCUT2D eigenvalue weighted by molar-refractivity contribution is -0.304. The molecule has 0 N–H and O–H groups in total. The molecule has 110 valence electrons. The third-order valence-corrected chi connectivity index (χ3v) is 3.85. The number of aromatic nitrogens is 2. The normalized spacial score (nSPS) is 22.0. The molecule has 0 fully saturated rings. The standard InChI is InChI=1S/C13H6F6N2/c14-11(15)9-10(12(16,17)13(11,18)19)21-6-2-4-8(21)7-3-1-5-20(7)9/h1-6H. The summed E-state index contributed by atoms with van der Waals surface area (Å²) in [5, 5.41) is 0. The Balaban J connectivity index is 2.34. The lowest BCUT2D eigenvalue weighted by atomic mass is 10.2. The predicted octanol–water partition coefficient (Wildman–Crippen LogP) is 4.02. The first kappa shape index (κ1) is 12.6. The second kappa shape index (κ2) is 3.20. The van der Waals surface area contributed by atoms with Crippen LogP contribution in [-0.2, 0) is 11.8 Å². The van der Waals surface area contributed by atoms with E-state index in [4.69, 9.17) is 0 Å². The van der Waals surface area contributed by atoms with Gasteiger partial charge in [0.15, 0.2) is 0 Å². The van der Waals surface area contributed by atoms with E-state index < -0.39 is 29.2 Å². The molecule has 0 atom stereocenters. The molecular weight excluding hydrogens is 298 g/mol. The quantitative estimate of drug-likeness (QED) is 0.555. The zero-order valence-electron chi connectivity index (χ0n) is 10.1. The van der Waals surface area contributed by atoms with Gasteiger partial charge in [-0.25, -0.2) is 0 Å². The van der Waals surface area contributed by atoms with Crippen LogP contribution in [0.4, 0.5) is 26.3 Å². The Morgan fingerprint density at radius 2 is 1.05 bits per heavy atom. The van der Waals surface area contributed by atoms with Crippen LogP contribution < -0.4 is 0 Å². The summed E-state index contributed by atoms with van der Waals surface area (Å²) >= 11 is 0. The second-order valence-corrected chi connectivity index (χ2v) is 4.95. The minimum Gasteiger partial charge on any atom is -0.311 e. The van der Waals surface area contributed by atoms with Gasteiger partial charge in [-0.3, -0.25) is 0 Å². The second-order valence-electron chi connectivity index (χ2n) is 4.95. The molecule has 4 rings (SSSR count). The van der Waals surface area contributed by atoms with Gasteiger partial charge in [0, 0.05) is 12.4 Å². The summed E-state index contributed by atoms with van der Waals surface area (Å²) in [6, 6.07) is 5.49. The maximum atomic E-state index is 14.0. The van der Waals surface area contributed by atoms with E-state index in [9.17, 15) is 26.3 Å². The summed E-state index contributed by atoms with van der Waals surface area (Å²) in [5.41, 5.74) is -2.43. The van der Waals surface area contributed by atoms with Crippen molar-refractivity contribution in [3.8, 4) is 0 Å². The van der Waals surface area contributed by atoms with E-state index in [1.54, 1.807) is 0 Å². The molecule has 8 heteroatoms. The van der Waals surface area contributed by atoms with Crippen LogP contribution in [0.2, 0.25) is 0 Å². The molecule has 3 heterocycles. The van der Waals surface area contributed by atoms with Gasteiger partial charge in [0.25, 0.3) is 0 Å². The molecule has 0 spiro atoms. The number of hydrogen-bond donors (Lipinski definition) is 0. The van der Waals surface area contributed by atoms with Gasteiger partial charge in [0.1, 0.15) is 11.4 Å². The van der Waals surface area contributed by atoms with E-state index in [2.05, 4.69) is 0 Å². The Kier molecular flexibility index (Phi) is 1.92. The van der Waals surface area contributed by atoms with Gasteiger partial charge in [0.05, 0.1) is 11.0 Å². The van der Waals surface area contributed by atoms with Crippen molar-refractivity contribution in [1.82, 2.24) is 8.80 Å². The third kappa shape index (κ3) is 1.10. The topological polar surface area (TPSA) is 8.82 Å². The first-order valence-electron chi connectivity index (χ1n) is 5.96. The molecular formula is C13H6F6N2. The average molecular weight is 304 g/mol. The van der Waals surface area contributed by atoms with E-state index >= 15 is 0 Å². The molecule has 0 aromatic carbocycles. The highest BCUT2D eigenvalue weighted by molar-refractivity contribution is 5.77. The van der Waals surface area contributed by atoms with Crippen molar-refractivity contribution in [2.24, 2.45) is 0 Å². The molecule has 0 radical (unpaired) electrons. The van der Waals surface area contributed by atoms with Crippen molar-refractivity contribution in [2.75, 3.05) is 0 Å². The fraction of sp³-hybridized carbons (Fsp3) is 0.231. The van der Waals surface area contributed by atoms with Crippen molar-refractivity contribution >= 4 is 11.0 Å². The molecule has 0 unspecified atom stereocenters. The van der Waals surface area contributed by atoms with E-state index in [-0.39, 0.29) is 11.0 Å². The number of halogens is 6. The largest absolute Gasteiger partial charge is 0.383 e. The lowest BCUT2D eigenvalue weighted by Gasteiger charge is -2.23. The molecule has 1 aliphatic carbocycles. The van der Waals surface area contributed by atoms with Crippen LogP contribution in [0.5, 0.6) is 0 Å². The van der Waals surface area contributed by atoms with E-state index in [1.807, 2.05) is 0 Å². The predicted molar refractivity (Wildman–Crippen MR) is 61.1 cm³/mol. The smallest absolute Gasteiger partial charge is 0.311 e. The number of alkyl halides is 6. The van der Waals surface area contributed by atoms with Crippen LogP contribution in [0.3, 0.4) is 0 Å². The zero-order valence-corrected chi connectivity index (χ0v) is 10.1. The molecule has 0 saturated heterocycles. The van der Waals surface area contributed by atoms with Gasteiger partial charge in [-0.1, -0.05) is 0 Å². The highest BCUT2D eigenvalue weighted by Gasteiger charge is 2.81. The van der Waals surface area contributed by atoms with Gasteiger partial charge in [-0.05, 0) is 24.3 Å². The van der Waals surface area contributed by atoms with Crippen LogP contribution in [-0.4, -0.2) is 14.7 Å². The Hall–Kier alpha value is -2.12. The highest BCUT2D eigenvalue weighted by Crippen LogP contribution is 2.62. The zero-order chi connectivity index (χ0) is 15.2. The average Bonchev–Trinajstić information content (AvgIpc) is 3.05. The summed E-state index contributed by atoms with van der Waals surface area (Å²) in [6.45, 7) is 0. The summed E-state index contributed by atoms with van der Waals surface area (Å²) < 4.78 is 84.6. The lowest BCUT2D eigenvalue weighted by Crippen LogP contribution is -2.44. The molecule has 3 aromatic heterocycles. The molecule has 0 bridgehead atoms. The van der Waals surface area contributed by atoms with E-state index in [0.717, 1.165) is 12.4 Å². The minimum absolute atomic E-state index is 0.159. The number of fused-ring (bicyclic) bond motifs is 6. The summed E-state index contributed by atoms with van der Waals surface area (Å²) in [6.07, 6.45) is 2.15. The van der Waals surface area contributed by atoms with Crippen LogP contribution >= 0.6 is 0 Å². The monoisotopic (exact) mass is 304 g/mol. The van der Waals surface area contributed by atoms with Gasteiger partial charge >= 0.3 is 17.8 Å². The first-order valence-corrected chi connectivity index (χ1v) is 5.96. The Bertz CT molecular complexity index is 817. The molecule has 2 nitrogen and oxygen atoms in total. The number of rotatable bonds is 0. The van der Waals surface area contributed by atoms with Crippen LogP contribution in [0, 0.1) is 0 Å². The molecule has 21 heavy (non-hydrogen) atoms. The Morgan fingerprint density at radius 3 is 1.43 bits per heavy atom. The minimum atomic E-state index is -5.49. The highest BCUT2D eigenvalue weighted by atomic mass is 19.3. The summed E-state index contributed by atoms with van der Waals surface area (Å²) in [5.74, 6) is -15.4. The molecule has 0 aliphatic heterocycles. The van der Waals surface area contributed by atoms with Gasteiger partial charge in [-0.2, -0.15) is 26.3 Å². The van der Waals surface area contributed by atoms with Crippen molar-refractivity contribution < 1.29 is 26.3 Å². The van der Waals surface area contributed by atoms with Gasteiger partial charge in [-0.15, -0.1) is 0 Å². The summed E-state index contributed by atoms with van der Waals surface area (Å²) in [7, 11) is 0. The molecule has 0 saturated carbocycles. The Labute approximate surface area is 113 Å². The SMILES string of the molecule is FC1(F)c2c(n3cccc3c3cccn23)C(F)(F)C1(F)F. The fourth-order valence-electron chi connectivity index (χ4n) is 2.89. The van der Waals surface area contributed by atoms with Crippen molar-refractivity contribution in [1.29, 1.82) is 0 Å². The van der Waals surface area contributed by atoms with E-state index in [0.29, 0.717) is 8.80 Å². The molecule has 0 amide bonds. The molecule has 1 aliphatic rings. The molecule has 3 aromatic rings. The summed E-state index contributed by atoms with van der Waals surface area (Å²) in [4.78, 5) is 0. The van der Waals surface area contributed by atoms with Crippen molar-refractivity contribution in [3.63, 3.8) is 0 Å². The maximum absolute atomic E-state index is 14.0. The van der Waals surface area contributed by atoms with Crippen LogP contribution in [0.25, 0.3) is 11.0 Å². The number of nitrogens with zero attached hydrogens (tertiary/aromatic N) is 2. The third-order valence-electron chi connectivity index (χ3n) is 3.85. The van der Waals surface area contributed by atoms with Gasteiger partial charge in [0.2, 0.25) is 0 Å². The first-order chi connectivity index (χ1) is 9.71. The van der Waals surface area contributed by atoms with Gasteiger partial charge < -0.3 is 8.80 Å². The fourth-order valence-corrected chi connectivity index (χ4v) is 2.89. The van der Waals surface area contributed by atoms with Crippen LogP contribution in [0.15, 0.2) is 36.7 Å². The Morgan fingerprint density at radius 1 is 0.667 bits per heavy atom. The van der Waals surface area contributed by atoms with Crippen LogP contribution in [0.1, 0.15) is 11.4 Å². The van der Waals surface area contributed by atoms with Crippen molar-refractivity contribution in [3.05, 3.63) is 48.0 Å². The number of hydrogen-bond acceptors (Lipinski definition) is 0. The van der Waals surface area contributed by atoms with E-state index in [1.165, 1.54) is 24.3 Å².